The first-order chi connectivity index (χ1) is 9.43. The molecule has 1 amide bonds. The number of nitrogens with one attached hydrogen (secondary N) is 1. The number of carbonyl (C=O) groups excluding carboxylic acids is 1. The maximum absolute atomic E-state index is 13.3. The molecule has 0 unspecified atom stereocenters. The Hall–Kier alpha value is -1.91. The highest BCUT2D eigenvalue weighted by atomic mass is 19.1. The van der Waals surface area contributed by atoms with E-state index in [1.54, 1.807) is 13.0 Å². The number of amides is 1. The Bertz CT molecular complexity index is 516. The van der Waals surface area contributed by atoms with E-state index in [4.69, 9.17) is 0 Å². The molecule has 1 fully saturated rings. The van der Waals surface area contributed by atoms with E-state index < -0.39 is 23.1 Å². The molecule has 1 aromatic carbocycles. The van der Waals surface area contributed by atoms with Crippen molar-refractivity contribution < 1.29 is 19.1 Å². The van der Waals surface area contributed by atoms with Gasteiger partial charge in [-0.25, -0.2) is 4.39 Å². The molecule has 4 nitrogen and oxygen atoms in total. The van der Waals surface area contributed by atoms with Crippen LogP contribution in [-0.2, 0) is 4.79 Å². The van der Waals surface area contributed by atoms with Gasteiger partial charge in [-0.15, -0.1) is 0 Å². The number of benzene rings is 1. The van der Waals surface area contributed by atoms with E-state index in [9.17, 15) is 19.1 Å². The predicted molar refractivity (Wildman–Crippen MR) is 72.0 cm³/mol. The van der Waals surface area contributed by atoms with E-state index in [0.717, 1.165) is 18.9 Å². The van der Waals surface area contributed by atoms with Gasteiger partial charge < -0.3 is 10.4 Å². The molecule has 0 saturated heterocycles. The Morgan fingerprint density at radius 1 is 1.30 bits per heavy atom. The molecular formula is C15H18FNO3. The summed E-state index contributed by atoms with van der Waals surface area (Å²) < 4.78 is 13.3. The molecule has 0 radical (unpaired) electrons. The first-order valence-electron chi connectivity index (χ1n) is 6.72. The second-order valence-electron chi connectivity index (χ2n) is 5.49. The summed E-state index contributed by atoms with van der Waals surface area (Å²) in [6, 6.07) is 4.08. The first kappa shape index (κ1) is 14.5. The number of carboxylic acids is 1. The molecule has 0 bridgehead atoms. The minimum Gasteiger partial charge on any atom is -0.481 e. The Labute approximate surface area is 117 Å². The lowest BCUT2D eigenvalue weighted by Crippen LogP contribution is -2.41. The summed E-state index contributed by atoms with van der Waals surface area (Å²) in [4.78, 5) is 23.4. The lowest BCUT2D eigenvalue weighted by atomic mass is 9.86. The van der Waals surface area contributed by atoms with Crippen molar-refractivity contribution in [1.29, 1.82) is 0 Å². The van der Waals surface area contributed by atoms with Crippen molar-refractivity contribution >= 4 is 11.9 Å². The minimum absolute atomic E-state index is 0.0940. The van der Waals surface area contributed by atoms with Crippen molar-refractivity contribution in [2.24, 2.45) is 5.41 Å². The summed E-state index contributed by atoms with van der Waals surface area (Å²) in [5.41, 5.74) is 0.0166. The van der Waals surface area contributed by atoms with Gasteiger partial charge in [-0.05, 0) is 43.5 Å². The molecule has 0 atom stereocenters. The highest BCUT2D eigenvalue weighted by Crippen LogP contribution is 2.37. The lowest BCUT2D eigenvalue weighted by Gasteiger charge is -2.24. The highest BCUT2D eigenvalue weighted by molar-refractivity contribution is 5.94. The second kappa shape index (κ2) is 5.61. The molecule has 5 heteroatoms. The second-order valence-corrected chi connectivity index (χ2v) is 5.49. The van der Waals surface area contributed by atoms with Gasteiger partial charge in [0.25, 0.3) is 5.91 Å². The van der Waals surface area contributed by atoms with Crippen LogP contribution in [0.5, 0.6) is 0 Å². The van der Waals surface area contributed by atoms with E-state index >= 15 is 0 Å². The van der Waals surface area contributed by atoms with Crippen LogP contribution in [0.2, 0.25) is 0 Å². The molecule has 2 rings (SSSR count). The normalized spacial score (nSPS) is 16.9. The van der Waals surface area contributed by atoms with Crippen molar-refractivity contribution in [3.63, 3.8) is 0 Å². The van der Waals surface area contributed by atoms with Gasteiger partial charge in [-0.3, -0.25) is 9.59 Å². The fourth-order valence-electron chi connectivity index (χ4n) is 2.74. The smallest absolute Gasteiger partial charge is 0.311 e. The Morgan fingerprint density at radius 2 is 1.95 bits per heavy atom. The SMILES string of the molecule is Cc1cc(F)cc(C(=O)NCC2(C(=O)O)CCCC2)c1. The number of halogens is 1. The van der Waals surface area contributed by atoms with Crippen LogP contribution in [0.1, 0.15) is 41.6 Å². The van der Waals surface area contributed by atoms with Crippen LogP contribution < -0.4 is 5.32 Å². The Balaban J connectivity index is 2.06. The molecule has 0 aromatic heterocycles. The van der Waals surface area contributed by atoms with Crippen molar-refractivity contribution in [1.82, 2.24) is 5.32 Å². The molecule has 1 aromatic rings. The van der Waals surface area contributed by atoms with E-state index in [1.165, 1.54) is 6.07 Å². The standard InChI is InChI=1S/C15H18FNO3/c1-10-6-11(8-12(16)7-10)13(18)17-9-15(14(19)20)4-2-3-5-15/h6-8H,2-5,9H2,1H3,(H,17,18)(H,19,20). The molecule has 2 N–H and O–H groups in total. The molecule has 108 valence electrons. The number of aryl methyl sites for hydroxylation is 1. The van der Waals surface area contributed by atoms with Crippen LogP contribution in [-0.4, -0.2) is 23.5 Å². The zero-order valence-electron chi connectivity index (χ0n) is 11.4. The zero-order valence-corrected chi connectivity index (χ0v) is 11.4. The van der Waals surface area contributed by atoms with Crippen molar-refractivity contribution in [2.75, 3.05) is 6.54 Å². The lowest BCUT2D eigenvalue weighted by molar-refractivity contribution is -0.148. The zero-order chi connectivity index (χ0) is 14.8. The summed E-state index contributed by atoms with van der Waals surface area (Å²) in [5.74, 6) is -1.77. The van der Waals surface area contributed by atoms with E-state index in [-0.39, 0.29) is 12.1 Å². The highest BCUT2D eigenvalue weighted by Gasteiger charge is 2.41. The molecule has 1 aliphatic rings. The van der Waals surface area contributed by atoms with Gasteiger partial charge in [0.15, 0.2) is 0 Å². The van der Waals surface area contributed by atoms with E-state index in [2.05, 4.69) is 5.32 Å². The summed E-state index contributed by atoms with van der Waals surface area (Å²) in [6.07, 6.45) is 2.87. The first-order valence-corrected chi connectivity index (χ1v) is 6.72. The minimum atomic E-state index is -0.870. The largest absolute Gasteiger partial charge is 0.481 e. The quantitative estimate of drug-likeness (QED) is 0.890. The summed E-state index contributed by atoms with van der Waals surface area (Å²) in [6.45, 7) is 1.80. The summed E-state index contributed by atoms with van der Waals surface area (Å²) in [5, 5.41) is 12.0. The van der Waals surface area contributed by atoms with Crippen LogP contribution >= 0.6 is 0 Å². The Morgan fingerprint density at radius 3 is 2.50 bits per heavy atom. The molecule has 0 aliphatic heterocycles. The van der Waals surface area contributed by atoms with Crippen LogP contribution in [0, 0.1) is 18.2 Å². The predicted octanol–water partition coefficient (Wildman–Crippen LogP) is 2.51. The third-order valence-electron chi connectivity index (χ3n) is 3.91. The summed E-state index contributed by atoms with van der Waals surface area (Å²) in [7, 11) is 0. The van der Waals surface area contributed by atoms with Crippen molar-refractivity contribution in [3.05, 3.63) is 35.1 Å². The number of hydrogen-bond donors (Lipinski definition) is 2. The number of hydrogen-bond acceptors (Lipinski definition) is 2. The molecule has 0 spiro atoms. The third-order valence-corrected chi connectivity index (χ3v) is 3.91. The van der Waals surface area contributed by atoms with Gasteiger partial charge in [0.2, 0.25) is 0 Å². The van der Waals surface area contributed by atoms with Gasteiger partial charge in [-0.2, -0.15) is 0 Å². The average Bonchev–Trinajstić information content (AvgIpc) is 2.84. The van der Waals surface area contributed by atoms with Crippen LogP contribution in [0.15, 0.2) is 18.2 Å². The van der Waals surface area contributed by atoms with Crippen LogP contribution in [0.3, 0.4) is 0 Å². The fraction of sp³-hybridized carbons (Fsp3) is 0.467. The third kappa shape index (κ3) is 2.98. The molecule has 1 saturated carbocycles. The van der Waals surface area contributed by atoms with Gasteiger partial charge in [0.1, 0.15) is 5.82 Å². The summed E-state index contributed by atoms with van der Waals surface area (Å²) >= 11 is 0. The molecule has 1 aliphatic carbocycles. The van der Waals surface area contributed by atoms with Gasteiger partial charge in [-0.1, -0.05) is 12.8 Å². The number of rotatable bonds is 4. The molecular weight excluding hydrogens is 261 g/mol. The van der Waals surface area contributed by atoms with Gasteiger partial charge >= 0.3 is 5.97 Å². The van der Waals surface area contributed by atoms with Crippen LogP contribution in [0.4, 0.5) is 4.39 Å². The molecule has 20 heavy (non-hydrogen) atoms. The average molecular weight is 279 g/mol. The van der Waals surface area contributed by atoms with Crippen molar-refractivity contribution in [2.45, 2.75) is 32.6 Å². The topological polar surface area (TPSA) is 66.4 Å². The van der Waals surface area contributed by atoms with E-state index in [0.29, 0.717) is 18.4 Å². The maximum Gasteiger partial charge on any atom is 0.311 e. The number of carboxylic acid groups (broad SMARTS) is 1. The number of aliphatic carboxylic acids is 1. The van der Waals surface area contributed by atoms with E-state index in [1.807, 2.05) is 0 Å². The van der Waals surface area contributed by atoms with Gasteiger partial charge in [0.05, 0.1) is 5.41 Å². The van der Waals surface area contributed by atoms with Gasteiger partial charge in [0, 0.05) is 12.1 Å². The number of carbonyl (C=O) groups is 2. The monoisotopic (exact) mass is 279 g/mol. The van der Waals surface area contributed by atoms with Crippen molar-refractivity contribution in [3.8, 4) is 0 Å². The maximum atomic E-state index is 13.3. The van der Waals surface area contributed by atoms with Crippen LogP contribution in [0.25, 0.3) is 0 Å². The Kier molecular flexibility index (Phi) is 4.06. The molecule has 0 heterocycles. The fourth-order valence-corrected chi connectivity index (χ4v) is 2.74.